The number of aryl methyl sites for hydroxylation is 1. The molecular weight excluding hydrogens is 249 g/mol. The molecule has 1 N–H and O–H groups in total. The van der Waals surface area contributed by atoms with E-state index < -0.39 is 11.5 Å². The van der Waals surface area contributed by atoms with Crippen molar-refractivity contribution in [2.24, 2.45) is 0 Å². The molecule has 1 unspecified atom stereocenters. The van der Waals surface area contributed by atoms with E-state index in [-0.39, 0.29) is 11.7 Å². The lowest BCUT2D eigenvalue weighted by atomic mass is 9.98. The summed E-state index contributed by atoms with van der Waals surface area (Å²) in [6, 6.07) is 4.08. The van der Waals surface area contributed by atoms with Gasteiger partial charge < -0.3 is 10.0 Å². The van der Waals surface area contributed by atoms with Crippen LogP contribution in [0.3, 0.4) is 0 Å². The van der Waals surface area contributed by atoms with Gasteiger partial charge in [-0.05, 0) is 50.5 Å². The maximum Gasteiger partial charge on any atom is 0.329 e. The van der Waals surface area contributed by atoms with Gasteiger partial charge in [-0.1, -0.05) is 0 Å². The molecule has 1 saturated heterocycles. The molecule has 4 nitrogen and oxygen atoms in total. The fourth-order valence-corrected chi connectivity index (χ4v) is 2.44. The zero-order chi connectivity index (χ0) is 14.2. The molecule has 1 aliphatic heterocycles. The van der Waals surface area contributed by atoms with Crippen LogP contribution in [0.4, 0.5) is 4.39 Å². The van der Waals surface area contributed by atoms with E-state index in [2.05, 4.69) is 0 Å². The molecule has 0 aromatic heterocycles. The SMILES string of the molecule is Cc1cc(C(=O)N2CCCC2(C)C(=O)O)ccc1F. The lowest BCUT2D eigenvalue weighted by Crippen LogP contribution is -2.50. The quantitative estimate of drug-likeness (QED) is 0.892. The third kappa shape index (κ3) is 2.20. The summed E-state index contributed by atoms with van der Waals surface area (Å²) >= 11 is 0. The minimum absolute atomic E-state index is 0.327. The number of carbonyl (C=O) groups excluding carboxylic acids is 1. The highest BCUT2D eigenvalue weighted by molar-refractivity contribution is 5.98. The maximum atomic E-state index is 13.2. The van der Waals surface area contributed by atoms with Gasteiger partial charge in [0.1, 0.15) is 11.4 Å². The van der Waals surface area contributed by atoms with Gasteiger partial charge in [0.15, 0.2) is 0 Å². The summed E-state index contributed by atoms with van der Waals surface area (Å²) in [6.45, 7) is 3.54. The summed E-state index contributed by atoms with van der Waals surface area (Å²) in [7, 11) is 0. The summed E-state index contributed by atoms with van der Waals surface area (Å²) in [5.41, 5.74) is -0.463. The van der Waals surface area contributed by atoms with Crippen LogP contribution >= 0.6 is 0 Å². The van der Waals surface area contributed by atoms with Gasteiger partial charge in [0, 0.05) is 12.1 Å². The Morgan fingerprint density at radius 1 is 1.42 bits per heavy atom. The number of carbonyl (C=O) groups is 2. The molecule has 0 radical (unpaired) electrons. The van der Waals surface area contributed by atoms with Gasteiger partial charge in [-0.2, -0.15) is 0 Å². The summed E-state index contributed by atoms with van der Waals surface area (Å²) in [4.78, 5) is 25.1. The first-order chi connectivity index (χ1) is 8.86. The number of likely N-dealkylation sites (tertiary alicyclic amines) is 1. The molecule has 1 aromatic carbocycles. The second-order valence-electron chi connectivity index (χ2n) is 5.10. The van der Waals surface area contributed by atoms with E-state index in [9.17, 15) is 19.1 Å². The van der Waals surface area contributed by atoms with Crippen LogP contribution in [0.25, 0.3) is 0 Å². The number of hydrogen-bond acceptors (Lipinski definition) is 2. The molecule has 19 heavy (non-hydrogen) atoms. The summed E-state index contributed by atoms with van der Waals surface area (Å²) in [6.07, 6.45) is 1.10. The number of carboxylic acids is 1. The summed E-state index contributed by atoms with van der Waals surface area (Å²) in [5, 5.41) is 9.28. The predicted molar refractivity (Wildman–Crippen MR) is 67.4 cm³/mol. The van der Waals surface area contributed by atoms with E-state index in [0.717, 1.165) is 0 Å². The fourth-order valence-electron chi connectivity index (χ4n) is 2.44. The predicted octanol–water partition coefficient (Wildman–Crippen LogP) is 2.21. The standard InChI is InChI=1S/C14H16FNO3/c1-9-8-10(4-5-11(9)15)12(17)16-7-3-6-14(16,2)13(18)19/h4-5,8H,3,6-7H2,1-2H3,(H,18,19). The Balaban J connectivity index is 2.33. The van der Waals surface area contributed by atoms with Crippen molar-refractivity contribution in [1.82, 2.24) is 4.90 Å². The second kappa shape index (κ2) is 4.64. The molecule has 1 fully saturated rings. The van der Waals surface area contributed by atoms with Gasteiger partial charge in [0.2, 0.25) is 0 Å². The molecule has 1 heterocycles. The van der Waals surface area contributed by atoms with E-state index in [1.807, 2.05) is 0 Å². The average Bonchev–Trinajstić information content (AvgIpc) is 2.75. The Hall–Kier alpha value is -1.91. The Kier molecular flexibility index (Phi) is 3.30. The molecule has 102 valence electrons. The highest BCUT2D eigenvalue weighted by Crippen LogP contribution is 2.31. The van der Waals surface area contributed by atoms with Gasteiger partial charge in [-0.3, -0.25) is 4.79 Å². The largest absolute Gasteiger partial charge is 0.480 e. The second-order valence-corrected chi connectivity index (χ2v) is 5.10. The zero-order valence-electron chi connectivity index (χ0n) is 10.9. The Labute approximate surface area is 110 Å². The third-order valence-electron chi connectivity index (χ3n) is 3.75. The first kappa shape index (κ1) is 13.5. The number of carboxylic acid groups (broad SMARTS) is 1. The van der Waals surface area contributed by atoms with E-state index in [1.165, 1.54) is 23.1 Å². The molecule has 1 amide bonds. The van der Waals surface area contributed by atoms with Crippen molar-refractivity contribution in [2.45, 2.75) is 32.2 Å². The molecular formula is C14H16FNO3. The van der Waals surface area contributed by atoms with E-state index in [4.69, 9.17) is 0 Å². The first-order valence-corrected chi connectivity index (χ1v) is 6.18. The van der Waals surface area contributed by atoms with Crippen molar-refractivity contribution in [3.63, 3.8) is 0 Å². The van der Waals surface area contributed by atoms with Gasteiger partial charge in [-0.15, -0.1) is 0 Å². The highest BCUT2D eigenvalue weighted by Gasteiger charge is 2.46. The average molecular weight is 265 g/mol. The van der Waals surface area contributed by atoms with Gasteiger partial charge >= 0.3 is 5.97 Å². The normalized spacial score (nSPS) is 22.6. The fraction of sp³-hybridized carbons (Fsp3) is 0.429. The van der Waals surface area contributed by atoms with Crippen molar-refractivity contribution in [3.05, 3.63) is 35.1 Å². The van der Waals surface area contributed by atoms with Crippen LogP contribution in [-0.2, 0) is 4.79 Å². The van der Waals surface area contributed by atoms with E-state index in [1.54, 1.807) is 13.8 Å². The van der Waals surface area contributed by atoms with Crippen LogP contribution in [0, 0.1) is 12.7 Å². The molecule has 2 rings (SSSR count). The first-order valence-electron chi connectivity index (χ1n) is 6.18. The molecule has 0 saturated carbocycles. The minimum Gasteiger partial charge on any atom is -0.480 e. The van der Waals surface area contributed by atoms with Crippen molar-refractivity contribution in [1.29, 1.82) is 0 Å². The lowest BCUT2D eigenvalue weighted by molar-refractivity contribution is -0.147. The number of amides is 1. The Morgan fingerprint density at radius 3 is 2.68 bits per heavy atom. The van der Waals surface area contributed by atoms with Crippen LogP contribution < -0.4 is 0 Å². The number of hydrogen-bond donors (Lipinski definition) is 1. The number of rotatable bonds is 2. The third-order valence-corrected chi connectivity index (χ3v) is 3.75. The zero-order valence-corrected chi connectivity index (χ0v) is 10.9. The van der Waals surface area contributed by atoms with Gasteiger partial charge in [-0.25, -0.2) is 9.18 Å². The smallest absolute Gasteiger partial charge is 0.329 e. The van der Waals surface area contributed by atoms with Gasteiger partial charge in [0.25, 0.3) is 5.91 Å². The lowest BCUT2D eigenvalue weighted by Gasteiger charge is -2.31. The van der Waals surface area contributed by atoms with Crippen molar-refractivity contribution >= 4 is 11.9 Å². The monoisotopic (exact) mass is 265 g/mol. The summed E-state index contributed by atoms with van der Waals surface area (Å²) in [5.74, 6) is -1.73. The van der Waals surface area contributed by atoms with Crippen LogP contribution in [0.5, 0.6) is 0 Å². The Bertz CT molecular complexity index is 543. The van der Waals surface area contributed by atoms with Gasteiger partial charge in [0.05, 0.1) is 0 Å². The molecule has 1 aromatic rings. The summed E-state index contributed by atoms with van der Waals surface area (Å²) < 4.78 is 13.2. The van der Waals surface area contributed by atoms with Crippen LogP contribution in [0.1, 0.15) is 35.7 Å². The van der Waals surface area contributed by atoms with Crippen molar-refractivity contribution in [3.8, 4) is 0 Å². The number of benzene rings is 1. The van der Waals surface area contributed by atoms with Crippen LogP contribution in [0.2, 0.25) is 0 Å². The minimum atomic E-state index is -1.17. The molecule has 1 aliphatic rings. The van der Waals surface area contributed by atoms with E-state index in [0.29, 0.717) is 30.5 Å². The van der Waals surface area contributed by atoms with Crippen molar-refractivity contribution in [2.75, 3.05) is 6.54 Å². The molecule has 5 heteroatoms. The molecule has 1 atom stereocenters. The van der Waals surface area contributed by atoms with Crippen LogP contribution in [0.15, 0.2) is 18.2 Å². The van der Waals surface area contributed by atoms with Crippen molar-refractivity contribution < 1.29 is 19.1 Å². The molecule has 0 spiro atoms. The Morgan fingerprint density at radius 2 is 2.11 bits per heavy atom. The molecule has 0 bridgehead atoms. The number of aliphatic carboxylic acids is 1. The number of nitrogens with zero attached hydrogens (tertiary/aromatic N) is 1. The van der Waals surface area contributed by atoms with Crippen LogP contribution in [-0.4, -0.2) is 34.0 Å². The van der Waals surface area contributed by atoms with E-state index >= 15 is 0 Å². The molecule has 0 aliphatic carbocycles. The topological polar surface area (TPSA) is 57.6 Å². The highest BCUT2D eigenvalue weighted by atomic mass is 19.1. The number of halogens is 1. The maximum absolute atomic E-state index is 13.2.